The summed E-state index contributed by atoms with van der Waals surface area (Å²) in [6.45, 7) is 0. The van der Waals surface area contributed by atoms with Crippen molar-refractivity contribution in [3.8, 4) is 0 Å². The fraction of sp³-hybridized carbons (Fsp3) is 0.0667. The zero-order chi connectivity index (χ0) is 41.6. The Balaban J connectivity index is 0.000000300. The molecule has 12 nitrogen and oxygen atoms in total. The summed E-state index contributed by atoms with van der Waals surface area (Å²) < 4.78 is 0. The van der Waals surface area contributed by atoms with Crippen LogP contribution in [0, 0.1) is 0 Å². The van der Waals surface area contributed by atoms with Crippen LogP contribution in [-0.2, 0) is 79.1 Å². The van der Waals surface area contributed by atoms with E-state index < -0.39 is 52.1 Å². The Morgan fingerprint density at radius 2 is 0.339 bits per heavy atom. The van der Waals surface area contributed by atoms with Crippen molar-refractivity contribution in [1.29, 1.82) is 0 Å². The van der Waals surface area contributed by atoms with Crippen molar-refractivity contribution in [2.75, 3.05) is 0 Å². The summed E-state index contributed by atoms with van der Waals surface area (Å²) in [5.74, 6) is -10.3. The number of hydrogen-bond donors (Lipinski definition) is 0. The molecular formula is C45H30Fe2O12. The summed E-state index contributed by atoms with van der Waals surface area (Å²) in [5.41, 5.74) is -6.32. The first-order chi connectivity index (χ1) is 27.3. The van der Waals surface area contributed by atoms with E-state index in [4.69, 9.17) is 0 Å². The van der Waals surface area contributed by atoms with Crippen LogP contribution in [0.2, 0.25) is 0 Å². The summed E-state index contributed by atoms with van der Waals surface area (Å²) in [7, 11) is 0. The van der Waals surface area contributed by atoms with E-state index in [-0.39, 0.29) is 67.5 Å². The molecule has 0 atom stereocenters. The fourth-order valence-corrected chi connectivity index (χ4v) is 6.29. The van der Waals surface area contributed by atoms with E-state index in [1.54, 1.807) is 109 Å². The molecule has 59 heavy (non-hydrogen) atoms. The topological polar surface area (TPSA) is 241 Å². The SMILES string of the molecule is O=C([O-])C(C(=O)[O-])(c1ccccc1)c1ccccc1.O=C([O-])C(C(=O)[O-])(c1ccccc1)c1ccccc1.O=C([O-])C(C(=O)[O-])(c1ccccc1)c1ccccc1.[Fe+3].[Fe+3]. The maximum Gasteiger partial charge on any atom is 3.00 e. The summed E-state index contributed by atoms with van der Waals surface area (Å²) >= 11 is 0. The van der Waals surface area contributed by atoms with Crippen LogP contribution in [0.3, 0.4) is 0 Å². The molecule has 0 spiro atoms. The fourth-order valence-electron chi connectivity index (χ4n) is 6.29. The number of carbonyl (C=O) groups is 6. The van der Waals surface area contributed by atoms with E-state index in [9.17, 15) is 59.4 Å². The van der Waals surface area contributed by atoms with E-state index in [0.29, 0.717) is 0 Å². The largest absolute Gasteiger partial charge is 3.00 e. The van der Waals surface area contributed by atoms with Crippen molar-refractivity contribution in [1.82, 2.24) is 0 Å². The molecule has 14 heteroatoms. The third-order valence-electron chi connectivity index (χ3n) is 9.08. The average Bonchev–Trinajstić information content (AvgIpc) is 3.21. The second-order valence-corrected chi connectivity index (χ2v) is 12.2. The first-order valence-electron chi connectivity index (χ1n) is 16.9. The average molecular weight is 874 g/mol. The van der Waals surface area contributed by atoms with Gasteiger partial charge in [0.15, 0.2) is 0 Å². The molecular weight excluding hydrogens is 844 g/mol. The van der Waals surface area contributed by atoms with Crippen molar-refractivity contribution < 1.29 is 93.5 Å². The third kappa shape index (κ3) is 9.66. The van der Waals surface area contributed by atoms with E-state index in [2.05, 4.69) is 0 Å². The Hall–Kier alpha value is -6.82. The van der Waals surface area contributed by atoms with Crippen LogP contribution in [0.1, 0.15) is 33.4 Å². The van der Waals surface area contributed by atoms with Gasteiger partial charge in [-0.25, -0.2) is 0 Å². The molecule has 0 amide bonds. The zero-order valence-electron chi connectivity index (χ0n) is 30.4. The van der Waals surface area contributed by atoms with Crippen LogP contribution in [0.4, 0.5) is 0 Å². The molecule has 0 aliphatic rings. The van der Waals surface area contributed by atoms with E-state index in [1.165, 1.54) is 72.8 Å². The maximum atomic E-state index is 11.5. The number of rotatable bonds is 12. The van der Waals surface area contributed by atoms with Crippen LogP contribution in [0.25, 0.3) is 0 Å². The molecule has 298 valence electrons. The Bertz CT molecular complexity index is 1880. The Morgan fingerprint density at radius 3 is 0.424 bits per heavy atom. The van der Waals surface area contributed by atoms with Gasteiger partial charge >= 0.3 is 34.1 Å². The minimum atomic E-state index is -2.30. The molecule has 0 fully saturated rings. The molecule has 0 saturated carbocycles. The molecule has 0 heterocycles. The zero-order valence-corrected chi connectivity index (χ0v) is 32.6. The van der Waals surface area contributed by atoms with Gasteiger partial charge in [0.2, 0.25) is 0 Å². The van der Waals surface area contributed by atoms with Gasteiger partial charge in [0.25, 0.3) is 0 Å². The van der Waals surface area contributed by atoms with E-state index in [1.807, 2.05) is 0 Å². The number of aliphatic carboxylic acids is 6. The molecule has 6 aromatic rings. The molecule has 0 N–H and O–H groups in total. The molecule has 0 bridgehead atoms. The number of carbonyl (C=O) groups excluding carboxylic acids is 6. The van der Waals surface area contributed by atoms with Crippen molar-refractivity contribution in [2.45, 2.75) is 16.2 Å². The number of carboxylic acid groups (broad SMARTS) is 6. The van der Waals surface area contributed by atoms with Gasteiger partial charge in [-0.05, 0) is 33.4 Å². The smallest absolute Gasteiger partial charge is 0.548 e. The minimum absolute atomic E-state index is 0. The summed E-state index contributed by atoms with van der Waals surface area (Å²) in [6, 6.07) is 46.0. The molecule has 6 aromatic carbocycles. The molecule has 0 aromatic heterocycles. The molecule has 0 unspecified atom stereocenters. The van der Waals surface area contributed by atoms with Crippen LogP contribution in [-0.4, -0.2) is 35.8 Å². The maximum absolute atomic E-state index is 11.5. The quantitative estimate of drug-likeness (QED) is 0.1000. The van der Waals surface area contributed by atoms with Gasteiger partial charge in [-0.2, -0.15) is 0 Å². The van der Waals surface area contributed by atoms with Crippen molar-refractivity contribution in [3.05, 3.63) is 215 Å². The van der Waals surface area contributed by atoms with E-state index in [0.717, 1.165) is 0 Å². The third-order valence-corrected chi connectivity index (χ3v) is 9.08. The van der Waals surface area contributed by atoms with Crippen LogP contribution in [0.15, 0.2) is 182 Å². The van der Waals surface area contributed by atoms with Crippen LogP contribution >= 0.6 is 0 Å². The van der Waals surface area contributed by atoms with Gasteiger partial charge in [-0.15, -0.1) is 0 Å². The number of benzene rings is 6. The Kier molecular flexibility index (Phi) is 17.7. The van der Waals surface area contributed by atoms with Crippen molar-refractivity contribution in [3.63, 3.8) is 0 Å². The Morgan fingerprint density at radius 1 is 0.237 bits per heavy atom. The van der Waals surface area contributed by atoms with Crippen LogP contribution < -0.4 is 30.6 Å². The standard InChI is InChI=1S/3C15H12O4.2Fe/c3*16-13(17)15(14(18)19,11-7-3-1-4-8-11)12-9-5-2-6-10-12;;/h3*1-10H,(H,16,17)(H,18,19);;/q;;;2*+3/p-6. The molecule has 0 aliphatic heterocycles. The van der Waals surface area contributed by atoms with E-state index >= 15 is 0 Å². The van der Waals surface area contributed by atoms with Gasteiger partial charge < -0.3 is 59.4 Å². The Labute approximate surface area is 359 Å². The first kappa shape index (κ1) is 48.3. The monoisotopic (exact) mass is 874 g/mol. The van der Waals surface area contributed by atoms with Gasteiger partial charge in [0.05, 0.1) is 52.1 Å². The second kappa shape index (κ2) is 21.6. The number of hydrogen-bond acceptors (Lipinski definition) is 12. The summed E-state index contributed by atoms with van der Waals surface area (Å²) in [6.07, 6.45) is 0. The molecule has 0 aliphatic carbocycles. The second-order valence-electron chi connectivity index (χ2n) is 12.2. The van der Waals surface area contributed by atoms with Gasteiger partial charge in [-0.1, -0.05) is 182 Å². The predicted molar refractivity (Wildman–Crippen MR) is 191 cm³/mol. The minimum Gasteiger partial charge on any atom is -0.548 e. The van der Waals surface area contributed by atoms with Crippen molar-refractivity contribution >= 4 is 35.8 Å². The normalized spacial score (nSPS) is 10.6. The van der Waals surface area contributed by atoms with Gasteiger partial charge in [-0.3, -0.25) is 0 Å². The molecule has 0 saturated heterocycles. The molecule has 2 radical (unpaired) electrons. The predicted octanol–water partition coefficient (Wildman–Crippen LogP) is -1.59. The summed E-state index contributed by atoms with van der Waals surface area (Å²) in [4.78, 5) is 69.2. The van der Waals surface area contributed by atoms with Crippen LogP contribution in [0.5, 0.6) is 0 Å². The van der Waals surface area contributed by atoms with Gasteiger partial charge in [0, 0.05) is 0 Å². The summed E-state index contributed by atoms with van der Waals surface area (Å²) in [5, 5.41) is 69.2. The first-order valence-corrected chi connectivity index (χ1v) is 16.9. The van der Waals surface area contributed by atoms with Crippen molar-refractivity contribution in [2.24, 2.45) is 0 Å². The van der Waals surface area contributed by atoms with Gasteiger partial charge in [0.1, 0.15) is 0 Å². The molecule has 6 rings (SSSR count). The number of carboxylic acids is 6.